The molecule has 2 aromatic rings. The summed E-state index contributed by atoms with van der Waals surface area (Å²) in [5.41, 5.74) is 1.82. The molecule has 29 heavy (non-hydrogen) atoms. The van der Waals surface area contributed by atoms with Gasteiger partial charge in [-0.15, -0.1) is 6.58 Å². The highest BCUT2D eigenvalue weighted by Gasteiger charge is 2.32. The van der Waals surface area contributed by atoms with E-state index in [1.165, 1.54) is 16.7 Å². The number of rotatable bonds is 4. The van der Waals surface area contributed by atoms with E-state index in [0.717, 1.165) is 30.2 Å². The predicted molar refractivity (Wildman–Crippen MR) is 126 cm³/mol. The Morgan fingerprint density at radius 1 is 1.28 bits per heavy atom. The van der Waals surface area contributed by atoms with Gasteiger partial charge in [-0.05, 0) is 24.6 Å². The molecule has 0 bridgehead atoms. The first-order valence-electron chi connectivity index (χ1n) is 9.21. The molecule has 150 valence electrons. The number of anilines is 1. The number of thioether (sulfide) groups is 2. The third-order valence-electron chi connectivity index (χ3n) is 4.76. The maximum absolute atomic E-state index is 13.4. The normalized spacial score (nSPS) is 18.9. The van der Waals surface area contributed by atoms with Crippen molar-refractivity contribution in [3.63, 3.8) is 0 Å². The fourth-order valence-corrected chi connectivity index (χ4v) is 5.47. The van der Waals surface area contributed by atoms with Crippen LogP contribution in [-0.2, 0) is 4.79 Å². The number of hydrogen-bond acceptors (Lipinski definition) is 7. The van der Waals surface area contributed by atoms with Gasteiger partial charge in [0.1, 0.15) is 15.8 Å². The number of aryl methyl sites for hydroxylation is 1. The molecule has 2 aliphatic rings. The van der Waals surface area contributed by atoms with E-state index in [1.54, 1.807) is 22.7 Å². The van der Waals surface area contributed by atoms with Gasteiger partial charge in [0.2, 0.25) is 0 Å². The first-order chi connectivity index (χ1) is 14.0. The van der Waals surface area contributed by atoms with E-state index < -0.39 is 0 Å². The van der Waals surface area contributed by atoms with Gasteiger partial charge < -0.3 is 4.90 Å². The topological polar surface area (TPSA) is 57.9 Å². The van der Waals surface area contributed by atoms with E-state index >= 15 is 0 Å². The lowest BCUT2D eigenvalue weighted by molar-refractivity contribution is -0.121. The third-order valence-corrected chi connectivity index (χ3v) is 7.08. The zero-order chi connectivity index (χ0) is 20.5. The molecule has 2 aliphatic heterocycles. The molecule has 0 unspecified atom stereocenters. The van der Waals surface area contributed by atoms with Crippen molar-refractivity contribution in [3.05, 3.63) is 57.4 Å². The summed E-state index contributed by atoms with van der Waals surface area (Å²) in [6.45, 7) is 7.60. The number of hydrogen-bond donors (Lipinski definition) is 0. The Morgan fingerprint density at radius 3 is 2.76 bits per heavy atom. The highest BCUT2D eigenvalue weighted by molar-refractivity contribution is 8.26. The Hall–Kier alpha value is -2.10. The fourth-order valence-electron chi connectivity index (χ4n) is 3.31. The monoisotopic (exact) mass is 444 g/mol. The van der Waals surface area contributed by atoms with Gasteiger partial charge in [0.05, 0.1) is 10.5 Å². The lowest BCUT2D eigenvalue weighted by atomic mass is 10.2. The molecule has 0 aliphatic carbocycles. The fraction of sp³-hybridized carbons (Fsp3) is 0.300. The zero-order valence-electron chi connectivity index (χ0n) is 16.0. The minimum atomic E-state index is -0.200. The number of carbonyl (C=O) groups excluding carboxylic acids is 1. The minimum absolute atomic E-state index is 0.180. The Labute approximate surface area is 182 Å². The summed E-state index contributed by atoms with van der Waals surface area (Å²) in [4.78, 5) is 35.0. The van der Waals surface area contributed by atoms with Crippen molar-refractivity contribution in [1.29, 1.82) is 0 Å². The van der Waals surface area contributed by atoms with Crippen LogP contribution in [0.1, 0.15) is 11.1 Å². The second-order valence-corrected chi connectivity index (χ2v) is 9.67. The SMILES string of the molecule is C=CCN1C(=O)/C(=C/c2c(N3CCSCC3)nc3ccc(C)cn3c2=O)SC1=S. The van der Waals surface area contributed by atoms with Crippen molar-refractivity contribution in [2.45, 2.75) is 6.92 Å². The molecule has 0 radical (unpaired) electrons. The number of carbonyl (C=O) groups is 1. The molecule has 4 rings (SSSR count). The lowest BCUT2D eigenvalue weighted by Gasteiger charge is -2.28. The largest absolute Gasteiger partial charge is 0.354 e. The number of aromatic nitrogens is 2. The van der Waals surface area contributed by atoms with Crippen LogP contribution in [0, 0.1) is 6.92 Å². The van der Waals surface area contributed by atoms with Crippen molar-refractivity contribution >= 4 is 63.5 Å². The summed E-state index contributed by atoms with van der Waals surface area (Å²) < 4.78 is 2.02. The van der Waals surface area contributed by atoms with Crippen LogP contribution in [0.2, 0.25) is 0 Å². The van der Waals surface area contributed by atoms with E-state index in [2.05, 4.69) is 11.5 Å². The van der Waals surface area contributed by atoms with Gasteiger partial charge in [-0.3, -0.25) is 18.9 Å². The van der Waals surface area contributed by atoms with Crippen LogP contribution in [0.5, 0.6) is 0 Å². The number of amides is 1. The second-order valence-electron chi connectivity index (χ2n) is 6.77. The molecule has 4 heterocycles. The van der Waals surface area contributed by atoms with Crippen LogP contribution < -0.4 is 10.5 Å². The summed E-state index contributed by atoms with van der Waals surface area (Å²) >= 11 is 8.43. The predicted octanol–water partition coefficient (Wildman–Crippen LogP) is 2.94. The van der Waals surface area contributed by atoms with Crippen LogP contribution in [0.3, 0.4) is 0 Å². The first-order valence-corrected chi connectivity index (χ1v) is 11.6. The maximum atomic E-state index is 13.4. The maximum Gasteiger partial charge on any atom is 0.267 e. The van der Waals surface area contributed by atoms with E-state index in [4.69, 9.17) is 17.2 Å². The molecule has 9 heteroatoms. The summed E-state index contributed by atoms with van der Waals surface area (Å²) in [6.07, 6.45) is 5.07. The molecular weight excluding hydrogens is 424 g/mol. The van der Waals surface area contributed by atoms with E-state index in [-0.39, 0.29) is 11.5 Å². The molecular formula is C20H20N4O2S3. The third kappa shape index (κ3) is 3.86. The lowest BCUT2D eigenvalue weighted by Crippen LogP contribution is -2.36. The summed E-state index contributed by atoms with van der Waals surface area (Å²) in [6, 6.07) is 3.80. The molecule has 0 saturated carbocycles. The zero-order valence-corrected chi connectivity index (χ0v) is 18.4. The van der Waals surface area contributed by atoms with Gasteiger partial charge in [-0.1, -0.05) is 36.1 Å². The van der Waals surface area contributed by atoms with Crippen molar-refractivity contribution < 1.29 is 4.79 Å². The van der Waals surface area contributed by atoms with Crippen molar-refractivity contribution in [3.8, 4) is 0 Å². The van der Waals surface area contributed by atoms with Crippen LogP contribution >= 0.6 is 35.7 Å². The summed E-state index contributed by atoms with van der Waals surface area (Å²) in [5, 5.41) is 0. The molecule has 0 atom stereocenters. The van der Waals surface area contributed by atoms with Gasteiger partial charge in [-0.25, -0.2) is 4.98 Å². The Balaban J connectivity index is 1.88. The molecule has 0 spiro atoms. The van der Waals surface area contributed by atoms with E-state index in [1.807, 2.05) is 30.8 Å². The number of thiocarbonyl (C=S) groups is 1. The Morgan fingerprint density at radius 2 is 2.03 bits per heavy atom. The second kappa shape index (κ2) is 8.33. The molecule has 2 aromatic heterocycles. The Bertz CT molecular complexity index is 1100. The van der Waals surface area contributed by atoms with Crippen LogP contribution in [-0.4, -0.2) is 55.7 Å². The first kappa shape index (κ1) is 20.2. The van der Waals surface area contributed by atoms with Gasteiger partial charge in [0.25, 0.3) is 11.5 Å². The van der Waals surface area contributed by atoms with E-state index in [0.29, 0.717) is 32.8 Å². The average Bonchev–Trinajstić information content (AvgIpc) is 2.99. The summed E-state index contributed by atoms with van der Waals surface area (Å²) in [5.74, 6) is 2.40. The molecule has 0 aromatic carbocycles. The van der Waals surface area contributed by atoms with Crippen LogP contribution in [0.25, 0.3) is 11.7 Å². The van der Waals surface area contributed by atoms with Crippen LogP contribution in [0.4, 0.5) is 5.82 Å². The highest BCUT2D eigenvalue weighted by atomic mass is 32.2. The smallest absolute Gasteiger partial charge is 0.267 e. The molecule has 2 fully saturated rings. The standard InChI is InChI=1S/C20H20N4O2S3/c1-3-6-23-19(26)15(29-20(23)27)11-14-17(22-7-9-28-10-8-22)21-16-5-4-13(2)12-24(16)18(14)25/h3-5,11-12H,1,6-10H2,2H3/b15-11-. The van der Waals surface area contributed by atoms with Gasteiger partial charge in [0, 0.05) is 37.3 Å². The Kier molecular flexibility index (Phi) is 5.80. The number of pyridine rings is 1. The van der Waals surface area contributed by atoms with Gasteiger partial charge >= 0.3 is 0 Å². The quantitative estimate of drug-likeness (QED) is 0.408. The van der Waals surface area contributed by atoms with Crippen molar-refractivity contribution in [2.75, 3.05) is 36.0 Å². The van der Waals surface area contributed by atoms with Gasteiger partial charge in [0.15, 0.2) is 0 Å². The molecule has 6 nitrogen and oxygen atoms in total. The number of nitrogens with zero attached hydrogens (tertiary/aromatic N) is 4. The van der Waals surface area contributed by atoms with Crippen LogP contribution in [0.15, 0.2) is 40.7 Å². The average molecular weight is 445 g/mol. The highest BCUT2D eigenvalue weighted by Crippen LogP contribution is 2.33. The minimum Gasteiger partial charge on any atom is -0.354 e. The molecule has 1 amide bonds. The summed E-state index contributed by atoms with van der Waals surface area (Å²) in [7, 11) is 0. The van der Waals surface area contributed by atoms with Gasteiger partial charge in [-0.2, -0.15) is 11.8 Å². The number of fused-ring (bicyclic) bond motifs is 1. The van der Waals surface area contributed by atoms with Crippen molar-refractivity contribution in [1.82, 2.24) is 14.3 Å². The van der Waals surface area contributed by atoms with Crippen molar-refractivity contribution in [2.24, 2.45) is 0 Å². The molecule has 0 N–H and O–H groups in total. The van der Waals surface area contributed by atoms with E-state index in [9.17, 15) is 9.59 Å². The molecule has 2 saturated heterocycles.